The predicted octanol–water partition coefficient (Wildman–Crippen LogP) is 3.34. The second kappa shape index (κ2) is 4.94. The average molecular weight is 295 g/mol. The van der Waals surface area contributed by atoms with Gasteiger partial charge in [0.1, 0.15) is 5.82 Å². The van der Waals surface area contributed by atoms with E-state index in [1.807, 2.05) is 12.1 Å². The molecular weight excluding hydrogens is 283 g/mol. The summed E-state index contributed by atoms with van der Waals surface area (Å²) in [6, 6.07) is 8.23. The van der Waals surface area contributed by atoms with Gasteiger partial charge in [-0.2, -0.15) is 0 Å². The van der Waals surface area contributed by atoms with Crippen molar-refractivity contribution in [2.45, 2.75) is 13.0 Å². The molecule has 0 aliphatic rings. The summed E-state index contributed by atoms with van der Waals surface area (Å²) in [6.45, 7) is 1.72. The number of nitrogens with zero attached hydrogens (tertiary/aromatic N) is 1. The van der Waals surface area contributed by atoms with Crippen LogP contribution in [-0.4, -0.2) is 4.98 Å². The summed E-state index contributed by atoms with van der Waals surface area (Å²) >= 11 is 3.41. The number of hydrogen-bond donors (Lipinski definition) is 1. The van der Waals surface area contributed by atoms with E-state index in [1.54, 1.807) is 25.3 Å². The van der Waals surface area contributed by atoms with Gasteiger partial charge >= 0.3 is 0 Å². The predicted molar refractivity (Wildman–Crippen MR) is 69.1 cm³/mol. The topological polar surface area (TPSA) is 38.9 Å². The van der Waals surface area contributed by atoms with Crippen LogP contribution in [0.1, 0.15) is 22.9 Å². The lowest BCUT2D eigenvalue weighted by Gasteiger charge is -2.13. The van der Waals surface area contributed by atoms with Gasteiger partial charge in [0.15, 0.2) is 0 Å². The molecule has 1 atom stereocenters. The molecule has 1 unspecified atom stereocenters. The lowest BCUT2D eigenvalue weighted by atomic mass is 10.0. The van der Waals surface area contributed by atoms with Crippen LogP contribution in [0.2, 0.25) is 0 Å². The van der Waals surface area contributed by atoms with Gasteiger partial charge in [-0.1, -0.05) is 12.1 Å². The molecule has 0 aliphatic carbocycles. The number of nitrogens with two attached hydrogens (primary N) is 1. The van der Waals surface area contributed by atoms with Crippen molar-refractivity contribution in [3.05, 3.63) is 63.6 Å². The largest absolute Gasteiger partial charge is 0.319 e. The van der Waals surface area contributed by atoms with E-state index in [4.69, 9.17) is 5.73 Å². The Morgan fingerprint density at radius 1 is 1.35 bits per heavy atom. The van der Waals surface area contributed by atoms with Crippen LogP contribution in [0.25, 0.3) is 0 Å². The van der Waals surface area contributed by atoms with Crippen LogP contribution in [0.15, 0.2) is 41.0 Å². The van der Waals surface area contributed by atoms with E-state index in [2.05, 4.69) is 20.9 Å². The minimum Gasteiger partial charge on any atom is -0.319 e. The maximum atomic E-state index is 13.2. The fourth-order valence-corrected chi connectivity index (χ4v) is 2.15. The zero-order valence-electron chi connectivity index (χ0n) is 9.32. The number of pyridine rings is 1. The van der Waals surface area contributed by atoms with Crippen molar-refractivity contribution in [2.75, 3.05) is 0 Å². The Hall–Kier alpha value is -1.26. The van der Waals surface area contributed by atoms with Gasteiger partial charge in [0.05, 0.1) is 11.7 Å². The van der Waals surface area contributed by atoms with Gasteiger partial charge in [-0.25, -0.2) is 4.39 Å². The minimum absolute atomic E-state index is 0.221. The third-order valence-electron chi connectivity index (χ3n) is 2.62. The van der Waals surface area contributed by atoms with Crippen LogP contribution in [0.4, 0.5) is 4.39 Å². The van der Waals surface area contributed by atoms with Gasteiger partial charge in [-0.15, -0.1) is 0 Å². The van der Waals surface area contributed by atoms with E-state index in [0.29, 0.717) is 5.56 Å². The molecule has 0 bridgehead atoms. The summed E-state index contributed by atoms with van der Waals surface area (Å²) in [6.07, 6.45) is 1.69. The van der Waals surface area contributed by atoms with Crippen molar-refractivity contribution in [3.8, 4) is 0 Å². The molecular formula is C13H12BrFN2. The molecule has 0 saturated carbocycles. The van der Waals surface area contributed by atoms with Gasteiger partial charge in [0.25, 0.3) is 0 Å². The highest BCUT2D eigenvalue weighted by Crippen LogP contribution is 2.25. The lowest BCUT2D eigenvalue weighted by molar-refractivity contribution is 0.616. The first-order chi connectivity index (χ1) is 8.09. The Balaban J connectivity index is 2.40. The molecule has 1 heterocycles. The van der Waals surface area contributed by atoms with Crippen molar-refractivity contribution < 1.29 is 4.39 Å². The standard InChI is InChI=1S/C13H12BrFN2/c1-8-7-9(4-5-11(8)15)12(16)13-10(14)3-2-6-17-13/h2-7,12H,16H2,1H3. The zero-order chi connectivity index (χ0) is 12.4. The second-order valence-corrected chi connectivity index (χ2v) is 4.71. The van der Waals surface area contributed by atoms with Crippen molar-refractivity contribution in [2.24, 2.45) is 5.73 Å². The Morgan fingerprint density at radius 2 is 2.12 bits per heavy atom. The van der Waals surface area contributed by atoms with Crippen LogP contribution >= 0.6 is 15.9 Å². The second-order valence-electron chi connectivity index (χ2n) is 3.86. The number of benzene rings is 1. The molecule has 0 amide bonds. The van der Waals surface area contributed by atoms with Crippen LogP contribution in [0, 0.1) is 12.7 Å². The monoisotopic (exact) mass is 294 g/mol. The molecule has 0 spiro atoms. The van der Waals surface area contributed by atoms with Crippen LogP contribution < -0.4 is 5.73 Å². The maximum absolute atomic E-state index is 13.2. The molecule has 88 valence electrons. The van der Waals surface area contributed by atoms with E-state index in [9.17, 15) is 4.39 Å². The van der Waals surface area contributed by atoms with Crippen molar-refractivity contribution >= 4 is 15.9 Å². The summed E-state index contributed by atoms with van der Waals surface area (Å²) in [7, 11) is 0. The highest BCUT2D eigenvalue weighted by atomic mass is 79.9. The Kier molecular flexibility index (Phi) is 3.54. The summed E-state index contributed by atoms with van der Waals surface area (Å²) in [5.41, 5.74) is 8.31. The number of hydrogen-bond acceptors (Lipinski definition) is 2. The SMILES string of the molecule is Cc1cc(C(N)c2ncccc2Br)ccc1F. The lowest BCUT2D eigenvalue weighted by Crippen LogP contribution is -2.14. The molecule has 2 N–H and O–H groups in total. The molecule has 2 aromatic rings. The van der Waals surface area contributed by atoms with Gasteiger partial charge in [0, 0.05) is 10.7 Å². The molecule has 1 aromatic heterocycles. The first-order valence-electron chi connectivity index (χ1n) is 5.21. The van der Waals surface area contributed by atoms with E-state index in [-0.39, 0.29) is 11.9 Å². The molecule has 4 heteroatoms. The normalized spacial score (nSPS) is 12.5. The summed E-state index contributed by atoms with van der Waals surface area (Å²) < 4.78 is 14.0. The van der Waals surface area contributed by atoms with Crippen molar-refractivity contribution in [3.63, 3.8) is 0 Å². The van der Waals surface area contributed by atoms with Crippen LogP contribution in [-0.2, 0) is 0 Å². The van der Waals surface area contributed by atoms with E-state index in [0.717, 1.165) is 15.7 Å². The van der Waals surface area contributed by atoms with Gasteiger partial charge < -0.3 is 5.73 Å². The van der Waals surface area contributed by atoms with Gasteiger partial charge in [0.2, 0.25) is 0 Å². The molecule has 0 fully saturated rings. The molecule has 2 nitrogen and oxygen atoms in total. The molecule has 0 aliphatic heterocycles. The van der Waals surface area contributed by atoms with Crippen LogP contribution in [0.5, 0.6) is 0 Å². The first kappa shape index (κ1) is 12.2. The summed E-state index contributed by atoms with van der Waals surface area (Å²) in [4.78, 5) is 4.24. The van der Waals surface area contributed by atoms with E-state index < -0.39 is 0 Å². The Labute approximate surface area is 108 Å². The number of halogens is 2. The highest BCUT2D eigenvalue weighted by Gasteiger charge is 2.14. The molecule has 0 saturated heterocycles. The van der Waals surface area contributed by atoms with Gasteiger partial charge in [-0.05, 0) is 52.2 Å². The molecule has 1 aromatic carbocycles. The van der Waals surface area contributed by atoms with E-state index in [1.165, 1.54) is 6.07 Å². The minimum atomic E-state index is -0.357. The fraction of sp³-hybridized carbons (Fsp3) is 0.154. The van der Waals surface area contributed by atoms with Crippen LogP contribution in [0.3, 0.4) is 0 Å². The highest BCUT2D eigenvalue weighted by molar-refractivity contribution is 9.10. The smallest absolute Gasteiger partial charge is 0.126 e. The maximum Gasteiger partial charge on any atom is 0.126 e. The fourth-order valence-electron chi connectivity index (χ4n) is 1.65. The number of rotatable bonds is 2. The number of aromatic nitrogens is 1. The molecule has 17 heavy (non-hydrogen) atoms. The zero-order valence-corrected chi connectivity index (χ0v) is 10.9. The van der Waals surface area contributed by atoms with Crippen molar-refractivity contribution in [1.82, 2.24) is 4.98 Å². The first-order valence-corrected chi connectivity index (χ1v) is 6.01. The molecule has 2 rings (SSSR count). The Morgan fingerprint density at radius 3 is 2.76 bits per heavy atom. The summed E-state index contributed by atoms with van der Waals surface area (Å²) in [5, 5.41) is 0. The van der Waals surface area contributed by atoms with Gasteiger partial charge in [-0.3, -0.25) is 4.98 Å². The summed E-state index contributed by atoms with van der Waals surface area (Å²) in [5.74, 6) is -0.221. The quantitative estimate of drug-likeness (QED) is 0.923. The number of aryl methyl sites for hydroxylation is 1. The Bertz CT molecular complexity index is 543. The van der Waals surface area contributed by atoms with E-state index >= 15 is 0 Å². The third-order valence-corrected chi connectivity index (χ3v) is 3.29. The van der Waals surface area contributed by atoms with Crippen molar-refractivity contribution in [1.29, 1.82) is 0 Å². The average Bonchev–Trinajstić information content (AvgIpc) is 2.32. The third kappa shape index (κ3) is 2.53. The molecule has 0 radical (unpaired) electrons.